The van der Waals surface area contributed by atoms with Crippen LogP contribution in [0.5, 0.6) is 0 Å². The van der Waals surface area contributed by atoms with E-state index < -0.39 is 22.3 Å². The molecule has 0 saturated carbocycles. The maximum absolute atomic E-state index is 12.2. The van der Waals surface area contributed by atoms with Crippen LogP contribution in [-0.4, -0.2) is 27.4 Å². The number of carboxylic acids is 1. The molecule has 1 aromatic rings. The van der Waals surface area contributed by atoms with E-state index in [1.54, 1.807) is 6.92 Å². The molecule has 0 spiro atoms. The van der Waals surface area contributed by atoms with Crippen molar-refractivity contribution in [2.75, 3.05) is 0 Å². The molecule has 1 unspecified atom stereocenters. The second-order valence-corrected chi connectivity index (χ2v) is 5.16. The molecule has 0 aliphatic carbocycles. The van der Waals surface area contributed by atoms with Crippen LogP contribution >= 0.6 is 0 Å². The lowest BCUT2D eigenvalue weighted by Crippen LogP contribution is -2.52. The molecule has 21 heavy (non-hydrogen) atoms. The fourth-order valence-corrected chi connectivity index (χ4v) is 2.05. The summed E-state index contributed by atoms with van der Waals surface area (Å²) in [7, 11) is 0. The lowest BCUT2D eigenvalue weighted by atomic mass is 9.95. The summed E-state index contributed by atoms with van der Waals surface area (Å²) in [6, 6.07) is 3.96. The third-order valence-electron chi connectivity index (χ3n) is 3.15. The lowest BCUT2D eigenvalue weighted by Gasteiger charge is -2.25. The SMILES string of the molecule is CCCC(C)(NC(=O)c1cc(C)cc([N+](=O)[O-])c1)C(=O)O. The number of nitro benzene ring substituents is 1. The van der Waals surface area contributed by atoms with Crippen molar-refractivity contribution in [1.29, 1.82) is 0 Å². The van der Waals surface area contributed by atoms with Crippen molar-refractivity contribution >= 4 is 17.6 Å². The normalized spacial score (nSPS) is 13.3. The Bertz CT molecular complexity index is 585. The van der Waals surface area contributed by atoms with E-state index in [0.29, 0.717) is 12.0 Å². The lowest BCUT2D eigenvalue weighted by molar-refractivity contribution is -0.384. The van der Waals surface area contributed by atoms with Gasteiger partial charge in [0.05, 0.1) is 4.92 Å². The van der Waals surface area contributed by atoms with Crippen molar-refractivity contribution in [3.63, 3.8) is 0 Å². The Balaban J connectivity index is 3.08. The number of non-ortho nitro benzene ring substituents is 1. The van der Waals surface area contributed by atoms with E-state index in [4.69, 9.17) is 0 Å². The van der Waals surface area contributed by atoms with Gasteiger partial charge in [0.2, 0.25) is 0 Å². The van der Waals surface area contributed by atoms with Gasteiger partial charge in [-0.3, -0.25) is 14.9 Å². The van der Waals surface area contributed by atoms with Gasteiger partial charge < -0.3 is 10.4 Å². The number of nitrogens with zero attached hydrogens (tertiary/aromatic N) is 1. The van der Waals surface area contributed by atoms with E-state index in [2.05, 4.69) is 5.32 Å². The molecule has 0 radical (unpaired) electrons. The highest BCUT2D eigenvalue weighted by atomic mass is 16.6. The number of hydrogen-bond acceptors (Lipinski definition) is 4. The van der Waals surface area contributed by atoms with Crippen LogP contribution in [0.25, 0.3) is 0 Å². The minimum atomic E-state index is -1.40. The third-order valence-corrected chi connectivity index (χ3v) is 3.15. The van der Waals surface area contributed by atoms with E-state index in [1.165, 1.54) is 19.1 Å². The quantitative estimate of drug-likeness (QED) is 0.617. The van der Waals surface area contributed by atoms with Crippen LogP contribution in [0.2, 0.25) is 0 Å². The predicted octanol–water partition coefficient (Wildman–Crippen LogP) is 2.28. The molecule has 0 fully saturated rings. The van der Waals surface area contributed by atoms with E-state index in [9.17, 15) is 24.8 Å². The number of hydrogen-bond donors (Lipinski definition) is 2. The number of rotatable bonds is 6. The largest absolute Gasteiger partial charge is 0.480 e. The molecule has 0 aliphatic heterocycles. The van der Waals surface area contributed by atoms with E-state index >= 15 is 0 Å². The number of carboxylic acid groups (broad SMARTS) is 1. The van der Waals surface area contributed by atoms with Gasteiger partial charge in [-0.25, -0.2) is 4.79 Å². The number of carbonyl (C=O) groups excluding carboxylic acids is 1. The van der Waals surface area contributed by atoms with Crippen molar-refractivity contribution in [2.24, 2.45) is 0 Å². The van der Waals surface area contributed by atoms with Crippen LogP contribution in [0, 0.1) is 17.0 Å². The first-order chi connectivity index (χ1) is 9.69. The number of amides is 1. The van der Waals surface area contributed by atoms with Crippen LogP contribution in [0.1, 0.15) is 42.6 Å². The Morgan fingerprint density at radius 3 is 2.48 bits per heavy atom. The summed E-state index contributed by atoms with van der Waals surface area (Å²) >= 11 is 0. The van der Waals surface area contributed by atoms with Crippen LogP contribution in [0.4, 0.5) is 5.69 Å². The fraction of sp³-hybridized carbons (Fsp3) is 0.429. The van der Waals surface area contributed by atoms with Crippen molar-refractivity contribution in [2.45, 2.75) is 39.2 Å². The number of aryl methyl sites for hydroxylation is 1. The second kappa shape index (κ2) is 6.34. The molecule has 1 rings (SSSR count). The number of nitro groups is 1. The monoisotopic (exact) mass is 294 g/mol. The van der Waals surface area contributed by atoms with Gasteiger partial charge >= 0.3 is 5.97 Å². The Kier molecular flexibility index (Phi) is 5.02. The minimum absolute atomic E-state index is 0.0743. The summed E-state index contributed by atoms with van der Waals surface area (Å²) < 4.78 is 0. The first-order valence-corrected chi connectivity index (χ1v) is 6.51. The molecule has 0 aliphatic rings. The summed E-state index contributed by atoms with van der Waals surface area (Å²) in [5.41, 5.74) is -0.968. The highest BCUT2D eigenvalue weighted by Gasteiger charge is 2.34. The highest BCUT2D eigenvalue weighted by Crippen LogP contribution is 2.19. The van der Waals surface area contributed by atoms with Gasteiger partial charge in [0, 0.05) is 17.7 Å². The topological polar surface area (TPSA) is 110 Å². The zero-order valence-electron chi connectivity index (χ0n) is 12.2. The van der Waals surface area contributed by atoms with Crippen molar-refractivity contribution < 1.29 is 19.6 Å². The first-order valence-electron chi connectivity index (χ1n) is 6.51. The number of carbonyl (C=O) groups is 2. The Labute approximate surface area is 122 Å². The Morgan fingerprint density at radius 1 is 1.38 bits per heavy atom. The van der Waals surface area contributed by atoms with Crippen LogP contribution in [-0.2, 0) is 4.79 Å². The Morgan fingerprint density at radius 2 is 2.00 bits per heavy atom. The van der Waals surface area contributed by atoms with Gasteiger partial charge in [-0.1, -0.05) is 13.3 Å². The molecule has 0 bridgehead atoms. The molecule has 2 N–H and O–H groups in total. The maximum Gasteiger partial charge on any atom is 0.329 e. The highest BCUT2D eigenvalue weighted by molar-refractivity contribution is 5.98. The summed E-state index contributed by atoms with van der Waals surface area (Å²) in [5.74, 6) is -1.78. The molecule has 1 amide bonds. The molecule has 1 atom stereocenters. The molecule has 7 heteroatoms. The summed E-state index contributed by atoms with van der Waals surface area (Å²) in [4.78, 5) is 33.7. The number of nitrogens with one attached hydrogen (secondary N) is 1. The van der Waals surface area contributed by atoms with E-state index in [0.717, 1.165) is 6.07 Å². The van der Waals surface area contributed by atoms with Gasteiger partial charge in [0.1, 0.15) is 5.54 Å². The van der Waals surface area contributed by atoms with Crippen molar-refractivity contribution in [3.8, 4) is 0 Å². The van der Waals surface area contributed by atoms with Gasteiger partial charge in [0.15, 0.2) is 0 Å². The molecule has 0 aromatic heterocycles. The van der Waals surface area contributed by atoms with E-state index in [1.807, 2.05) is 6.92 Å². The van der Waals surface area contributed by atoms with Crippen LogP contribution in [0.15, 0.2) is 18.2 Å². The smallest absolute Gasteiger partial charge is 0.329 e. The predicted molar refractivity (Wildman–Crippen MR) is 76.2 cm³/mol. The third kappa shape index (κ3) is 4.01. The Hall–Kier alpha value is -2.44. The van der Waals surface area contributed by atoms with Gasteiger partial charge in [-0.05, 0) is 31.9 Å². The maximum atomic E-state index is 12.2. The van der Waals surface area contributed by atoms with Gasteiger partial charge in [-0.2, -0.15) is 0 Å². The zero-order valence-corrected chi connectivity index (χ0v) is 12.2. The summed E-state index contributed by atoms with van der Waals surface area (Å²) in [6.07, 6.45) is 0.846. The molecule has 114 valence electrons. The standard InChI is InChI=1S/C14H18N2O5/c1-4-5-14(3,13(18)19)15-12(17)10-6-9(2)7-11(8-10)16(20)21/h6-8H,4-5H2,1-3H3,(H,15,17)(H,18,19). The molecule has 0 saturated heterocycles. The summed E-state index contributed by atoms with van der Waals surface area (Å²) in [6.45, 7) is 4.86. The first kappa shape index (κ1) is 16.6. The van der Waals surface area contributed by atoms with Crippen molar-refractivity contribution in [3.05, 3.63) is 39.4 Å². The van der Waals surface area contributed by atoms with Crippen molar-refractivity contribution in [1.82, 2.24) is 5.32 Å². The average molecular weight is 294 g/mol. The second-order valence-electron chi connectivity index (χ2n) is 5.16. The van der Waals surface area contributed by atoms with Crippen LogP contribution < -0.4 is 5.32 Å². The number of benzene rings is 1. The van der Waals surface area contributed by atoms with Crippen LogP contribution in [0.3, 0.4) is 0 Å². The van der Waals surface area contributed by atoms with E-state index in [-0.39, 0.29) is 17.7 Å². The van der Waals surface area contributed by atoms with Gasteiger partial charge in [-0.15, -0.1) is 0 Å². The fourth-order valence-electron chi connectivity index (χ4n) is 2.05. The minimum Gasteiger partial charge on any atom is -0.480 e. The average Bonchev–Trinajstić information content (AvgIpc) is 2.37. The molecular formula is C14H18N2O5. The van der Waals surface area contributed by atoms with Gasteiger partial charge in [0.25, 0.3) is 11.6 Å². The molecular weight excluding hydrogens is 276 g/mol. The number of aliphatic carboxylic acids is 1. The summed E-state index contributed by atoms with van der Waals surface area (Å²) in [5, 5.41) is 22.5. The molecule has 0 heterocycles. The molecule has 7 nitrogen and oxygen atoms in total. The molecule has 1 aromatic carbocycles. The zero-order chi connectivity index (χ0) is 16.2.